The number of nitrogens with one attached hydrogen (secondary N) is 1. The largest absolute Gasteiger partial charge is 0.311 e. The van der Waals surface area contributed by atoms with Crippen molar-refractivity contribution in [2.24, 2.45) is 31.7 Å². The molecule has 2 unspecified atom stereocenters. The highest BCUT2D eigenvalue weighted by molar-refractivity contribution is 6.75. The molecule has 3 N–H and O–H groups in total. The van der Waals surface area contributed by atoms with Crippen LogP contribution in [0.15, 0.2) is 44.2 Å². The normalized spacial score (nSPS) is 23.1. The summed E-state index contributed by atoms with van der Waals surface area (Å²) in [6.45, 7) is 0. The molecule has 1 aromatic carbocycles. The number of benzene rings is 1. The number of hydrogen-bond acceptors (Lipinski definition) is 8. The number of aliphatic imine (C=N–C) groups is 4. The molecule has 2 atom stereocenters. The highest BCUT2D eigenvalue weighted by atomic mass is 35.5. The molecule has 2 aliphatic heterocycles. The second-order valence-electron chi connectivity index (χ2n) is 4.62. The van der Waals surface area contributed by atoms with Gasteiger partial charge in [0.1, 0.15) is 22.8 Å². The first-order valence-electron chi connectivity index (χ1n) is 6.34. The maximum absolute atomic E-state index is 10.7. The van der Waals surface area contributed by atoms with Gasteiger partial charge in [0.25, 0.3) is 5.69 Å². The average molecular weight is 354 g/mol. The Morgan fingerprint density at radius 2 is 1.87 bits per heavy atom. The molecule has 0 amide bonds. The fraction of sp³-hybridized carbons (Fsp3) is 0.167. The van der Waals surface area contributed by atoms with Crippen LogP contribution < -0.4 is 11.3 Å². The van der Waals surface area contributed by atoms with Gasteiger partial charge in [0.15, 0.2) is 6.17 Å². The molecular formula is C12H9Cl2N7O2. The zero-order chi connectivity index (χ0) is 16.6. The minimum atomic E-state index is -0.663. The van der Waals surface area contributed by atoms with Crippen molar-refractivity contribution in [1.29, 1.82) is 0 Å². The summed E-state index contributed by atoms with van der Waals surface area (Å²) in [5.41, 5.74) is 3.08. The fourth-order valence-corrected chi connectivity index (χ4v) is 2.68. The molecule has 0 bridgehead atoms. The number of fused-ring (bicyclic) bond motifs is 1. The summed E-state index contributed by atoms with van der Waals surface area (Å²) in [6, 6.07) is 5.87. The molecule has 0 fully saturated rings. The van der Waals surface area contributed by atoms with E-state index in [0.29, 0.717) is 17.2 Å². The minimum absolute atomic E-state index is 0.0230. The quantitative estimate of drug-likeness (QED) is 0.362. The van der Waals surface area contributed by atoms with E-state index >= 15 is 0 Å². The van der Waals surface area contributed by atoms with Crippen LogP contribution in [0.4, 0.5) is 5.69 Å². The van der Waals surface area contributed by atoms with Crippen molar-refractivity contribution in [2.45, 2.75) is 6.17 Å². The Hall–Kier alpha value is -2.36. The molecule has 0 spiro atoms. The van der Waals surface area contributed by atoms with Crippen molar-refractivity contribution in [3.8, 4) is 0 Å². The minimum Gasteiger partial charge on any atom is -0.311 e. The highest BCUT2D eigenvalue weighted by Crippen LogP contribution is 2.29. The molecule has 2 aliphatic rings. The van der Waals surface area contributed by atoms with Crippen LogP contribution in [0.5, 0.6) is 0 Å². The summed E-state index contributed by atoms with van der Waals surface area (Å²) in [7, 11) is 0. The second-order valence-corrected chi connectivity index (χ2v) is 5.34. The predicted octanol–water partition coefficient (Wildman–Crippen LogP) is 1.73. The van der Waals surface area contributed by atoms with E-state index in [9.17, 15) is 10.1 Å². The summed E-state index contributed by atoms with van der Waals surface area (Å²) < 4.78 is 0. The lowest BCUT2D eigenvalue weighted by atomic mass is 10.0. The van der Waals surface area contributed by atoms with Gasteiger partial charge >= 0.3 is 0 Å². The molecule has 0 aliphatic carbocycles. The third-order valence-electron chi connectivity index (χ3n) is 3.24. The standard InChI is InChI=1S/C12H9Cl2N7O2/c13-8-7-10(19-12(14)16-8)17-9(18-11(7)20-15)5-1-3-6(4-2-5)21(22)23/h1-4,7,9H,15H2,(H,18,20). The average Bonchev–Trinajstić information content (AvgIpc) is 2.53. The van der Waals surface area contributed by atoms with Gasteiger partial charge in [-0.3, -0.25) is 10.1 Å². The Bertz CT molecular complexity index is 785. The van der Waals surface area contributed by atoms with Gasteiger partial charge in [0.05, 0.1) is 4.92 Å². The van der Waals surface area contributed by atoms with Crippen molar-refractivity contribution in [3.63, 3.8) is 0 Å². The van der Waals surface area contributed by atoms with Crippen molar-refractivity contribution < 1.29 is 4.92 Å². The van der Waals surface area contributed by atoms with Crippen LogP contribution in [0.1, 0.15) is 11.7 Å². The molecule has 9 nitrogen and oxygen atoms in total. The summed E-state index contributed by atoms with van der Waals surface area (Å²) in [6.07, 6.45) is -0.663. The Labute approximate surface area is 139 Å². The fourth-order valence-electron chi connectivity index (χ4n) is 2.18. The zero-order valence-corrected chi connectivity index (χ0v) is 12.9. The second kappa shape index (κ2) is 6.03. The maximum atomic E-state index is 10.7. The summed E-state index contributed by atoms with van der Waals surface area (Å²) >= 11 is 11.9. The Balaban J connectivity index is 1.99. The Morgan fingerprint density at radius 1 is 1.17 bits per heavy atom. The molecule has 23 heavy (non-hydrogen) atoms. The van der Waals surface area contributed by atoms with Crippen molar-refractivity contribution in [2.75, 3.05) is 0 Å². The van der Waals surface area contributed by atoms with Gasteiger partial charge in [0.2, 0.25) is 5.29 Å². The monoisotopic (exact) mass is 353 g/mol. The molecule has 0 saturated heterocycles. The van der Waals surface area contributed by atoms with E-state index in [1.165, 1.54) is 12.1 Å². The van der Waals surface area contributed by atoms with Gasteiger partial charge in [-0.1, -0.05) is 11.6 Å². The SMILES string of the molecule is NNC1=NC(c2ccc([N+](=O)[O-])cc2)N=C2N=C(Cl)N=C(Cl)C21. The van der Waals surface area contributed by atoms with Crippen molar-refractivity contribution >= 4 is 51.0 Å². The van der Waals surface area contributed by atoms with Crippen molar-refractivity contribution in [1.82, 2.24) is 5.43 Å². The summed E-state index contributed by atoms with van der Waals surface area (Å²) in [5.74, 6) is 5.55. The van der Waals surface area contributed by atoms with E-state index in [1.807, 2.05) is 0 Å². The number of non-ortho nitro benzene ring substituents is 1. The highest BCUT2D eigenvalue weighted by Gasteiger charge is 2.35. The lowest BCUT2D eigenvalue weighted by Crippen LogP contribution is -2.45. The topological polar surface area (TPSA) is 131 Å². The number of nitro groups is 1. The Kier molecular flexibility index (Phi) is 4.07. The van der Waals surface area contributed by atoms with Crippen LogP contribution in [0.2, 0.25) is 0 Å². The molecule has 118 valence electrons. The van der Waals surface area contributed by atoms with Crippen LogP contribution in [-0.4, -0.2) is 27.1 Å². The molecule has 2 heterocycles. The van der Waals surface area contributed by atoms with Gasteiger partial charge < -0.3 is 5.43 Å². The van der Waals surface area contributed by atoms with Gasteiger partial charge in [-0.15, -0.1) is 0 Å². The van der Waals surface area contributed by atoms with E-state index < -0.39 is 17.0 Å². The number of nitrogens with two attached hydrogens (primary N) is 1. The maximum Gasteiger partial charge on any atom is 0.269 e. The lowest BCUT2D eigenvalue weighted by molar-refractivity contribution is -0.384. The number of nitrogens with zero attached hydrogens (tertiary/aromatic N) is 5. The van der Waals surface area contributed by atoms with E-state index in [0.717, 1.165) is 0 Å². The summed E-state index contributed by atoms with van der Waals surface area (Å²) in [4.78, 5) is 26.9. The lowest BCUT2D eigenvalue weighted by Gasteiger charge is -2.26. The summed E-state index contributed by atoms with van der Waals surface area (Å²) in [5, 5.41) is 10.8. The molecule has 1 aromatic rings. The van der Waals surface area contributed by atoms with Crippen LogP contribution in [0, 0.1) is 16.0 Å². The molecule has 0 saturated carbocycles. The molecule has 0 aromatic heterocycles. The third-order valence-corrected chi connectivity index (χ3v) is 3.71. The number of hydrogen-bond donors (Lipinski definition) is 2. The molecule has 3 rings (SSSR count). The zero-order valence-electron chi connectivity index (χ0n) is 11.3. The van der Waals surface area contributed by atoms with Crippen LogP contribution in [-0.2, 0) is 0 Å². The first-order valence-corrected chi connectivity index (χ1v) is 7.10. The van der Waals surface area contributed by atoms with E-state index in [4.69, 9.17) is 29.0 Å². The first kappa shape index (κ1) is 15.5. The molecule has 0 radical (unpaired) electrons. The molecular weight excluding hydrogens is 345 g/mol. The molecule has 11 heteroatoms. The van der Waals surface area contributed by atoms with E-state index in [-0.39, 0.29) is 16.2 Å². The number of halogens is 2. The van der Waals surface area contributed by atoms with Gasteiger partial charge in [0, 0.05) is 12.1 Å². The number of amidine groups is 3. The predicted molar refractivity (Wildman–Crippen MR) is 88.1 cm³/mol. The van der Waals surface area contributed by atoms with Crippen LogP contribution in [0.3, 0.4) is 0 Å². The number of hydrazine groups is 1. The van der Waals surface area contributed by atoms with E-state index in [1.54, 1.807) is 12.1 Å². The first-order chi connectivity index (χ1) is 11.0. The Morgan fingerprint density at radius 3 is 2.48 bits per heavy atom. The van der Waals surface area contributed by atoms with E-state index in [2.05, 4.69) is 25.4 Å². The van der Waals surface area contributed by atoms with Crippen LogP contribution >= 0.6 is 23.2 Å². The van der Waals surface area contributed by atoms with Crippen LogP contribution in [0.25, 0.3) is 0 Å². The van der Waals surface area contributed by atoms with Gasteiger partial charge in [-0.2, -0.15) is 0 Å². The third kappa shape index (κ3) is 2.93. The number of nitro benzene ring substituents is 1. The smallest absolute Gasteiger partial charge is 0.269 e. The van der Waals surface area contributed by atoms with Gasteiger partial charge in [-0.05, 0) is 29.3 Å². The van der Waals surface area contributed by atoms with Crippen molar-refractivity contribution in [3.05, 3.63) is 39.9 Å². The van der Waals surface area contributed by atoms with Gasteiger partial charge in [-0.25, -0.2) is 25.8 Å². The number of rotatable bonds is 2.